The van der Waals surface area contributed by atoms with Gasteiger partial charge in [-0.25, -0.2) is 0 Å². The van der Waals surface area contributed by atoms with Gasteiger partial charge in [0.25, 0.3) is 11.8 Å². The van der Waals surface area contributed by atoms with E-state index in [2.05, 4.69) is 10.9 Å². The SMILES string of the molecule is Cc1ccc(C)c(OC(C)C(=O)NNC(=O)Cn2ccc3ccccc32)c1. The van der Waals surface area contributed by atoms with Crippen LogP contribution in [-0.4, -0.2) is 22.5 Å². The van der Waals surface area contributed by atoms with Crippen LogP contribution in [0.25, 0.3) is 10.9 Å². The number of para-hydroxylation sites is 1. The van der Waals surface area contributed by atoms with E-state index in [0.717, 1.165) is 22.0 Å². The lowest BCUT2D eigenvalue weighted by molar-refractivity contribution is -0.132. The van der Waals surface area contributed by atoms with Crippen molar-refractivity contribution in [3.63, 3.8) is 0 Å². The number of aryl methyl sites for hydroxylation is 2. The van der Waals surface area contributed by atoms with Crippen molar-refractivity contribution in [1.29, 1.82) is 0 Å². The molecule has 2 amide bonds. The Morgan fingerprint density at radius 2 is 1.85 bits per heavy atom. The molecule has 1 unspecified atom stereocenters. The number of rotatable bonds is 5. The van der Waals surface area contributed by atoms with Crippen molar-refractivity contribution in [1.82, 2.24) is 15.4 Å². The average molecular weight is 365 g/mol. The molecular formula is C21H23N3O3. The molecule has 140 valence electrons. The summed E-state index contributed by atoms with van der Waals surface area (Å²) in [7, 11) is 0. The molecule has 0 radical (unpaired) electrons. The number of hydrogen-bond acceptors (Lipinski definition) is 3. The van der Waals surface area contributed by atoms with Gasteiger partial charge in [0.1, 0.15) is 12.3 Å². The normalized spacial score (nSPS) is 11.8. The van der Waals surface area contributed by atoms with E-state index in [1.54, 1.807) is 6.92 Å². The second-order valence-electron chi connectivity index (χ2n) is 6.57. The van der Waals surface area contributed by atoms with Crippen molar-refractivity contribution in [2.24, 2.45) is 0 Å². The van der Waals surface area contributed by atoms with Crippen molar-refractivity contribution in [2.75, 3.05) is 0 Å². The number of nitrogens with one attached hydrogen (secondary N) is 2. The highest BCUT2D eigenvalue weighted by Crippen LogP contribution is 2.20. The topological polar surface area (TPSA) is 72.4 Å². The summed E-state index contributed by atoms with van der Waals surface area (Å²) < 4.78 is 7.54. The molecule has 1 aromatic heterocycles. The molecule has 27 heavy (non-hydrogen) atoms. The van der Waals surface area contributed by atoms with Gasteiger partial charge in [0.15, 0.2) is 6.10 Å². The predicted molar refractivity (Wildman–Crippen MR) is 104 cm³/mol. The summed E-state index contributed by atoms with van der Waals surface area (Å²) in [6, 6.07) is 15.6. The van der Waals surface area contributed by atoms with Gasteiger partial charge in [0.05, 0.1) is 0 Å². The van der Waals surface area contributed by atoms with Crippen molar-refractivity contribution >= 4 is 22.7 Å². The molecular weight excluding hydrogens is 342 g/mol. The quantitative estimate of drug-likeness (QED) is 0.683. The van der Waals surface area contributed by atoms with Crippen LogP contribution in [0.4, 0.5) is 0 Å². The van der Waals surface area contributed by atoms with Gasteiger partial charge in [-0.1, -0.05) is 30.3 Å². The first-order valence-corrected chi connectivity index (χ1v) is 8.80. The van der Waals surface area contributed by atoms with Crippen LogP contribution in [0.3, 0.4) is 0 Å². The first kappa shape index (κ1) is 18.5. The van der Waals surface area contributed by atoms with Gasteiger partial charge in [-0.2, -0.15) is 0 Å². The molecule has 0 fully saturated rings. The van der Waals surface area contributed by atoms with Gasteiger partial charge in [0, 0.05) is 11.7 Å². The molecule has 0 aliphatic carbocycles. The summed E-state index contributed by atoms with van der Waals surface area (Å²) in [5, 5.41) is 1.06. The fraction of sp³-hybridized carbons (Fsp3) is 0.238. The fourth-order valence-corrected chi connectivity index (χ4v) is 2.78. The summed E-state index contributed by atoms with van der Waals surface area (Å²) in [5.74, 6) is -0.0759. The minimum absolute atomic E-state index is 0.111. The van der Waals surface area contributed by atoms with Gasteiger partial charge in [0.2, 0.25) is 0 Å². The molecule has 0 spiro atoms. The molecule has 1 heterocycles. The molecule has 2 aromatic carbocycles. The highest BCUT2D eigenvalue weighted by atomic mass is 16.5. The lowest BCUT2D eigenvalue weighted by Gasteiger charge is -2.17. The zero-order valence-electron chi connectivity index (χ0n) is 15.7. The molecule has 6 heteroatoms. The molecule has 1 atom stereocenters. The molecule has 3 rings (SSSR count). The Bertz CT molecular complexity index is 978. The summed E-state index contributed by atoms with van der Waals surface area (Å²) >= 11 is 0. The van der Waals surface area contributed by atoms with Gasteiger partial charge in [-0.15, -0.1) is 0 Å². The highest BCUT2D eigenvalue weighted by Gasteiger charge is 2.16. The van der Waals surface area contributed by atoms with Crippen LogP contribution in [0.15, 0.2) is 54.7 Å². The second-order valence-corrected chi connectivity index (χ2v) is 6.57. The van der Waals surface area contributed by atoms with Crippen molar-refractivity contribution in [3.8, 4) is 5.75 Å². The predicted octanol–water partition coefficient (Wildman–Crippen LogP) is 2.87. The molecule has 0 aliphatic heterocycles. The van der Waals surface area contributed by atoms with Crippen molar-refractivity contribution in [3.05, 3.63) is 65.9 Å². The van der Waals surface area contributed by atoms with E-state index >= 15 is 0 Å². The molecule has 0 saturated heterocycles. The van der Waals surface area contributed by atoms with Gasteiger partial charge in [-0.3, -0.25) is 20.4 Å². The Labute approximate surface area is 158 Å². The Hall–Kier alpha value is -3.28. The molecule has 0 bridgehead atoms. The van der Waals surface area contributed by atoms with Crippen LogP contribution in [-0.2, 0) is 16.1 Å². The van der Waals surface area contributed by atoms with Gasteiger partial charge in [-0.05, 0) is 55.5 Å². The maximum absolute atomic E-state index is 12.2. The third-order valence-electron chi connectivity index (χ3n) is 4.34. The summed E-state index contributed by atoms with van der Waals surface area (Å²) in [5.41, 5.74) is 7.82. The zero-order valence-corrected chi connectivity index (χ0v) is 15.7. The molecule has 2 N–H and O–H groups in total. The Balaban J connectivity index is 1.53. The Kier molecular flexibility index (Phi) is 5.45. The smallest absolute Gasteiger partial charge is 0.279 e. The van der Waals surface area contributed by atoms with Gasteiger partial charge < -0.3 is 9.30 Å². The number of nitrogens with zero attached hydrogens (tertiary/aromatic N) is 1. The zero-order chi connectivity index (χ0) is 19.4. The van der Waals surface area contributed by atoms with Gasteiger partial charge >= 0.3 is 0 Å². The van der Waals surface area contributed by atoms with E-state index in [1.165, 1.54) is 0 Å². The Morgan fingerprint density at radius 1 is 1.07 bits per heavy atom. The number of fused-ring (bicyclic) bond motifs is 1. The Morgan fingerprint density at radius 3 is 2.67 bits per heavy atom. The van der Waals surface area contributed by atoms with E-state index in [0.29, 0.717) is 5.75 Å². The number of hydrogen-bond donors (Lipinski definition) is 2. The van der Waals surface area contributed by atoms with E-state index in [4.69, 9.17) is 4.74 Å². The lowest BCUT2D eigenvalue weighted by Crippen LogP contribution is -2.48. The number of aromatic nitrogens is 1. The minimum atomic E-state index is -0.738. The number of carbonyl (C=O) groups is 2. The fourth-order valence-electron chi connectivity index (χ4n) is 2.78. The number of hydrazine groups is 1. The standard InChI is InChI=1S/C21H23N3O3/c1-14-8-9-15(2)19(12-14)27-16(3)21(26)23-22-20(25)13-24-11-10-17-6-4-5-7-18(17)24/h4-12,16H,13H2,1-3H3,(H,22,25)(H,23,26). The van der Waals surface area contributed by atoms with Crippen molar-refractivity contribution in [2.45, 2.75) is 33.4 Å². The number of amides is 2. The van der Waals surface area contributed by atoms with E-state index in [-0.39, 0.29) is 12.5 Å². The van der Waals surface area contributed by atoms with Crippen LogP contribution >= 0.6 is 0 Å². The first-order chi connectivity index (χ1) is 12.9. The summed E-state index contributed by atoms with van der Waals surface area (Å²) in [6.07, 6.45) is 1.11. The van der Waals surface area contributed by atoms with Crippen LogP contribution < -0.4 is 15.6 Å². The maximum atomic E-state index is 12.2. The van der Waals surface area contributed by atoms with Crippen molar-refractivity contribution < 1.29 is 14.3 Å². The third-order valence-corrected chi connectivity index (χ3v) is 4.34. The number of benzene rings is 2. The number of ether oxygens (including phenoxy) is 1. The number of carbonyl (C=O) groups excluding carboxylic acids is 2. The largest absolute Gasteiger partial charge is 0.481 e. The third kappa shape index (κ3) is 4.47. The summed E-state index contributed by atoms with van der Waals surface area (Å²) in [6.45, 7) is 5.63. The first-order valence-electron chi connectivity index (χ1n) is 8.80. The molecule has 0 saturated carbocycles. The average Bonchev–Trinajstić information content (AvgIpc) is 3.05. The monoisotopic (exact) mass is 365 g/mol. The molecule has 0 aliphatic rings. The lowest BCUT2D eigenvalue weighted by atomic mass is 10.1. The van der Waals surface area contributed by atoms with Crippen LogP contribution in [0.1, 0.15) is 18.1 Å². The van der Waals surface area contributed by atoms with E-state index in [9.17, 15) is 9.59 Å². The van der Waals surface area contributed by atoms with Crippen LogP contribution in [0, 0.1) is 13.8 Å². The van der Waals surface area contributed by atoms with Crippen LogP contribution in [0.5, 0.6) is 5.75 Å². The minimum Gasteiger partial charge on any atom is -0.481 e. The second kappa shape index (κ2) is 7.95. The highest BCUT2D eigenvalue weighted by molar-refractivity contribution is 5.86. The van der Waals surface area contributed by atoms with E-state index in [1.807, 2.05) is 73.1 Å². The van der Waals surface area contributed by atoms with Crippen LogP contribution in [0.2, 0.25) is 0 Å². The maximum Gasteiger partial charge on any atom is 0.279 e. The summed E-state index contributed by atoms with van der Waals surface area (Å²) in [4.78, 5) is 24.4. The molecule has 6 nitrogen and oxygen atoms in total. The van der Waals surface area contributed by atoms with E-state index < -0.39 is 12.0 Å². The molecule has 3 aromatic rings.